The zero-order valence-corrected chi connectivity index (χ0v) is 11.4. The molecule has 2 heterocycles. The fourth-order valence-electron chi connectivity index (χ4n) is 2.34. The summed E-state index contributed by atoms with van der Waals surface area (Å²) >= 11 is 0. The number of benzene rings is 1. The smallest absolute Gasteiger partial charge is 0.145 e. The van der Waals surface area contributed by atoms with E-state index in [0.29, 0.717) is 12.8 Å². The second kappa shape index (κ2) is 4.92. The van der Waals surface area contributed by atoms with Gasteiger partial charge < -0.3 is 14.3 Å². The van der Waals surface area contributed by atoms with E-state index in [2.05, 4.69) is 15.1 Å². The van der Waals surface area contributed by atoms with Gasteiger partial charge in [0.25, 0.3) is 0 Å². The first-order chi connectivity index (χ1) is 9.65. The molecule has 0 bridgehead atoms. The van der Waals surface area contributed by atoms with E-state index in [0.717, 1.165) is 33.6 Å². The Morgan fingerprint density at radius 2 is 2.25 bits per heavy atom. The van der Waals surface area contributed by atoms with Crippen molar-refractivity contribution in [1.29, 1.82) is 0 Å². The maximum atomic E-state index is 11.1. The molecule has 0 aliphatic rings. The van der Waals surface area contributed by atoms with Gasteiger partial charge in [0.15, 0.2) is 0 Å². The highest BCUT2D eigenvalue weighted by atomic mass is 16.5. The Balaban J connectivity index is 2.03. The third-order valence-electron chi connectivity index (χ3n) is 3.35. The molecule has 0 spiro atoms. The van der Waals surface area contributed by atoms with Crippen molar-refractivity contribution in [3.63, 3.8) is 0 Å². The van der Waals surface area contributed by atoms with Crippen LogP contribution < -0.4 is 0 Å². The number of hydrogen-bond acceptors (Lipinski definition) is 4. The van der Waals surface area contributed by atoms with Gasteiger partial charge in [0, 0.05) is 18.4 Å². The number of H-pyrrole nitrogens is 1. The Hall–Kier alpha value is -2.43. The number of imidazole rings is 1. The van der Waals surface area contributed by atoms with Crippen molar-refractivity contribution in [3.05, 3.63) is 36.0 Å². The number of hydrogen-bond donors (Lipinski definition) is 1. The van der Waals surface area contributed by atoms with Gasteiger partial charge >= 0.3 is 0 Å². The molecule has 0 unspecified atom stereocenters. The molecule has 102 valence electrons. The highest BCUT2D eigenvalue weighted by molar-refractivity contribution is 5.83. The highest BCUT2D eigenvalue weighted by Crippen LogP contribution is 2.30. The van der Waals surface area contributed by atoms with Crippen molar-refractivity contribution in [3.8, 4) is 11.1 Å². The van der Waals surface area contributed by atoms with Gasteiger partial charge in [-0.15, -0.1) is 0 Å². The Morgan fingerprint density at radius 3 is 3.05 bits per heavy atom. The minimum absolute atomic E-state index is 0.147. The minimum atomic E-state index is 0.147. The van der Waals surface area contributed by atoms with Gasteiger partial charge in [-0.2, -0.15) is 0 Å². The topological polar surface area (TPSA) is 71.8 Å². The summed E-state index contributed by atoms with van der Waals surface area (Å²) in [6.07, 6.45) is 2.71. The summed E-state index contributed by atoms with van der Waals surface area (Å²) in [5.41, 5.74) is 4.73. The van der Waals surface area contributed by atoms with E-state index in [1.54, 1.807) is 13.3 Å². The predicted octanol–water partition coefficient (Wildman–Crippen LogP) is 3.05. The molecule has 2 aromatic heterocycles. The zero-order chi connectivity index (χ0) is 14.1. The first-order valence-corrected chi connectivity index (χ1v) is 6.53. The lowest BCUT2D eigenvalue weighted by atomic mass is 10.0. The Morgan fingerprint density at radius 1 is 1.40 bits per heavy atom. The highest BCUT2D eigenvalue weighted by Gasteiger charge is 2.16. The van der Waals surface area contributed by atoms with Crippen LogP contribution in [0.4, 0.5) is 0 Å². The number of fused-ring (bicyclic) bond motifs is 1. The summed E-state index contributed by atoms with van der Waals surface area (Å²) in [4.78, 5) is 18.4. The number of nitrogens with one attached hydrogen (secondary N) is 1. The molecule has 0 atom stereocenters. The molecule has 5 nitrogen and oxygen atoms in total. The average molecular weight is 269 g/mol. The van der Waals surface area contributed by atoms with Crippen molar-refractivity contribution in [2.45, 2.75) is 26.7 Å². The molecule has 1 N–H and O–H groups in total. The van der Waals surface area contributed by atoms with Crippen molar-refractivity contribution in [2.24, 2.45) is 0 Å². The van der Waals surface area contributed by atoms with Crippen LogP contribution in [0.15, 0.2) is 29.0 Å². The molecular formula is C15H15N3O2. The molecule has 0 radical (unpaired) electrons. The van der Waals surface area contributed by atoms with Crippen molar-refractivity contribution in [2.75, 3.05) is 0 Å². The monoisotopic (exact) mass is 269 g/mol. The van der Waals surface area contributed by atoms with Crippen LogP contribution in [0.5, 0.6) is 0 Å². The fourth-order valence-corrected chi connectivity index (χ4v) is 2.34. The largest absolute Gasteiger partial charge is 0.360 e. The molecule has 1 aromatic carbocycles. The molecule has 0 amide bonds. The van der Waals surface area contributed by atoms with Crippen LogP contribution in [0.25, 0.3) is 22.2 Å². The molecule has 20 heavy (non-hydrogen) atoms. The van der Waals surface area contributed by atoms with Crippen molar-refractivity contribution >= 4 is 16.8 Å². The van der Waals surface area contributed by atoms with Gasteiger partial charge in [0.2, 0.25) is 0 Å². The van der Waals surface area contributed by atoms with E-state index in [9.17, 15) is 4.79 Å². The maximum Gasteiger partial charge on any atom is 0.145 e. The third-order valence-corrected chi connectivity index (χ3v) is 3.35. The molecule has 0 aliphatic carbocycles. The molecule has 0 saturated carbocycles. The molecule has 0 fully saturated rings. The lowest BCUT2D eigenvalue weighted by Crippen LogP contribution is -1.94. The number of nitrogens with zero attached hydrogens (tertiary/aromatic N) is 2. The van der Waals surface area contributed by atoms with Crippen LogP contribution in [0.2, 0.25) is 0 Å². The van der Waals surface area contributed by atoms with Gasteiger partial charge in [0.1, 0.15) is 11.5 Å². The average Bonchev–Trinajstić information content (AvgIpc) is 3.01. The molecule has 3 rings (SSSR count). The third kappa shape index (κ3) is 2.22. The number of rotatable bonds is 4. The lowest BCUT2D eigenvalue weighted by Gasteiger charge is -2.02. The van der Waals surface area contributed by atoms with Gasteiger partial charge in [-0.1, -0.05) is 11.2 Å². The predicted molar refractivity (Wildman–Crippen MR) is 75.3 cm³/mol. The molecule has 3 aromatic rings. The van der Waals surface area contributed by atoms with E-state index in [-0.39, 0.29) is 5.78 Å². The van der Waals surface area contributed by atoms with Gasteiger partial charge in [-0.05, 0) is 31.5 Å². The quantitative estimate of drug-likeness (QED) is 0.790. The summed E-state index contributed by atoms with van der Waals surface area (Å²) in [6, 6.07) is 5.99. The number of aromatic nitrogens is 3. The standard InChI is InChI=1S/C15H15N3O2/c1-9(19)3-6-14-15(10(2)18-20-14)11-4-5-12-13(7-11)17-8-16-12/h4-5,7-8H,3,6H2,1-2H3,(H,16,17). The normalized spacial score (nSPS) is 11.1. The number of carbonyl (C=O) groups excluding carboxylic acids is 1. The number of ketones is 1. The number of aryl methyl sites for hydroxylation is 2. The first kappa shape index (κ1) is 12.6. The lowest BCUT2D eigenvalue weighted by molar-refractivity contribution is -0.117. The Bertz CT molecular complexity index is 770. The minimum Gasteiger partial charge on any atom is -0.360 e. The summed E-state index contributed by atoms with van der Waals surface area (Å²) < 4.78 is 5.37. The summed E-state index contributed by atoms with van der Waals surface area (Å²) in [6.45, 7) is 3.49. The summed E-state index contributed by atoms with van der Waals surface area (Å²) in [5, 5.41) is 4.03. The first-order valence-electron chi connectivity index (χ1n) is 6.53. The molecule has 5 heteroatoms. The zero-order valence-electron chi connectivity index (χ0n) is 11.4. The van der Waals surface area contributed by atoms with Crippen LogP contribution in [-0.2, 0) is 11.2 Å². The summed E-state index contributed by atoms with van der Waals surface area (Å²) in [5.74, 6) is 0.908. The van der Waals surface area contributed by atoms with Crippen LogP contribution in [0, 0.1) is 6.92 Å². The van der Waals surface area contributed by atoms with Gasteiger partial charge in [-0.25, -0.2) is 4.98 Å². The fraction of sp³-hybridized carbons (Fsp3) is 0.267. The maximum absolute atomic E-state index is 11.1. The number of carbonyl (C=O) groups is 1. The molecule has 0 aliphatic heterocycles. The van der Waals surface area contributed by atoms with Gasteiger partial charge in [0.05, 0.1) is 23.1 Å². The second-order valence-electron chi connectivity index (χ2n) is 4.90. The summed E-state index contributed by atoms with van der Waals surface area (Å²) in [7, 11) is 0. The van der Waals surface area contributed by atoms with Crippen LogP contribution in [0.3, 0.4) is 0 Å². The Kier molecular flexibility index (Phi) is 3.10. The van der Waals surface area contributed by atoms with Crippen molar-refractivity contribution in [1.82, 2.24) is 15.1 Å². The van der Waals surface area contributed by atoms with Crippen molar-refractivity contribution < 1.29 is 9.32 Å². The Labute approximate surface area is 116 Å². The van der Waals surface area contributed by atoms with E-state index >= 15 is 0 Å². The molecule has 0 saturated heterocycles. The second-order valence-corrected chi connectivity index (χ2v) is 4.90. The molecular weight excluding hydrogens is 254 g/mol. The number of aromatic amines is 1. The van der Waals surface area contributed by atoms with Gasteiger partial charge in [-0.3, -0.25) is 0 Å². The van der Waals surface area contributed by atoms with E-state index in [1.807, 2.05) is 25.1 Å². The van der Waals surface area contributed by atoms with E-state index < -0.39 is 0 Å². The van der Waals surface area contributed by atoms with E-state index in [4.69, 9.17) is 4.52 Å². The van der Waals surface area contributed by atoms with Crippen LogP contribution in [-0.4, -0.2) is 20.9 Å². The number of Topliss-reactive ketones (excluding diaryl/α,β-unsaturated/α-hetero) is 1. The van der Waals surface area contributed by atoms with Crippen LogP contribution in [0.1, 0.15) is 24.8 Å². The van der Waals surface area contributed by atoms with Crippen LogP contribution >= 0.6 is 0 Å². The van der Waals surface area contributed by atoms with E-state index in [1.165, 1.54) is 0 Å². The SMILES string of the molecule is CC(=O)CCc1onc(C)c1-c1ccc2nc[nH]c2c1.